The number of aromatic carboxylic acids is 1. The van der Waals surface area contributed by atoms with Crippen LogP contribution in [0.25, 0.3) is 0 Å². The molecular formula is C11H13NO3. The number of hydrogen-bond donors (Lipinski definition) is 1. The van der Waals surface area contributed by atoms with Crippen LogP contribution in [0.15, 0.2) is 12.3 Å². The van der Waals surface area contributed by atoms with E-state index in [2.05, 4.69) is 4.98 Å². The van der Waals surface area contributed by atoms with Crippen LogP contribution < -0.4 is 4.74 Å². The second-order valence-corrected chi connectivity index (χ2v) is 3.61. The molecule has 80 valence electrons. The summed E-state index contributed by atoms with van der Waals surface area (Å²) < 4.78 is 5.63. The van der Waals surface area contributed by atoms with Crippen LogP contribution in [-0.4, -0.2) is 22.2 Å². The smallest absolute Gasteiger partial charge is 0.354 e. The number of nitrogens with zero attached hydrogens (tertiary/aromatic N) is 1. The average Bonchev–Trinajstić information content (AvgIpc) is 3.01. The van der Waals surface area contributed by atoms with Gasteiger partial charge in [-0.2, -0.15) is 0 Å². The Labute approximate surface area is 87.9 Å². The molecule has 1 aromatic rings. The zero-order valence-corrected chi connectivity index (χ0v) is 8.56. The van der Waals surface area contributed by atoms with Crippen molar-refractivity contribution in [2.45, 2.75) is 32.3 Å². The first-order valence-electron chi connectivity index (χ1n) is 5.10. The molecule has 0 aromatic carbocycles. The van der Waals surface area contributed by atoms with Crippen LogP contribution in [0.3, 0.4) is 0 Å². The van der Waals surface area contributed by atoms with Crippen LogP contribution in [0.4, 0.5) is 0 Å². The molecule has 0 aliphatic heterocycles. The van der Waals surface area contributed by atoms with E-state index in [-0.39, 0.29) is 11.8 Å². The van der Waals surface area contributed by atoms with E-state index in [1.807, 2.05) is 6.92 Å². The molecule has 0 unspecified atom stereocenters. The van der Waals surface area contributed by atoms with Gasteiger partial charge in [0.2, 0.25) is 0 Å². The van der Waals surface area contributed by atoms with Gasteiger partial charge in [0, 0.05) is 11.8 Å². The van der Waals surface area contributed by atoms with Gasteiger partial charge in [0.05, 0.1) is 6.10 Å². The van der Waals surface area contributed by atoms with Crippen LogP contribution in [0.1, 0.15) is 35.8 Å². The monoisotopic (exact) mass is 207 g/mol. The molecule has 0 amide bonds. The number of ether oxygens (including phenoxy) is 1. The summed E-state index contributed by atoms with van der Waals surface area (Å²) >= 11 is 0. The molecule has 4 heteroatoms. The minimum Gasteiger partial charge on any atom is -0.490 e. The molecule has 1 aliphatic rings. The highest BCUT2D eigenvalue weighted by Crippen LogP contribution is 2.30. The van der Waals surface area contributed by atoms with Crippen LogP contribution in [-0.2, 0) is 6.42 Å². The van der Waals surface area contributed by atoms with Gasteiger partial charge in [0.1, 0.15) is 5.75 Å². The maximum absolute atomic E-state index is 10.9. The molecule has 0 bridgehead atoms. The highest BCUT2D eigenvalue weighted by Gasteiger charge is 2.25. The molecule has 1 heterocycles. The van der Waals surface area contributed by atoms with E-state index in [0.29, 0.717) is 17.7 Å². The van der Waals surface area contributed by atoms with Crippen molar-refractivity contribution in [3.05, 3.63) is 23.5 Å². The summed E-state index contributed by atoms with van der Waals surface area (Å²) in [6.07, 6.45) is 4.51. The first-order chi connectivity index (χ1) is 7.22. The third-order valence-electron chi connectivity index (χ3n) is 2.39. The Balaban J connectivity index is 2.34. The molecule has 1 saturated carbocycles. The Morgan fingerprint density at radius 2 is 2.40 bits per heavy atom. The second kappa shape index (κ2) is 3.88. The van der Waals surface area contributed by atoms with Gasteiger partial charge in [-0.25, -0.2) is 9.78 Å². The van der Waals surface area contributed by atoms with Gasteiger partial charge in [0.15, 0.2) is 5.69 Å². The predicted octanol–water partition coefficient (Wildman–Crippen LogP) is 1.88. The van der Waals surface area contributed by atoms with Crippen molar-refractivity contribution in [2.24, 2.45) is 0 Å². The minimum atomic E-state index is -0.993. The van der Waals surface area contributed by atoms with Gasteiger partial charge in [0.25, 0.3) is 0 Å². The van der Waals surface area contributed by atoms with Gasteiger partial charge in [-0.3, -0.25) is 0 Å². The lowest BCUT2D eigenvalue weighted by Gasteiger charge is -2.10. The third-order valence-corrected chi connectivity index (χ3v) is 2.39. The SMILES string of the molecule is CCc1c(OC2CC2)ccnc1C(=O)O. The summed E-state index contributed by atoms with van der Waals surface area (Å²) in [5.74, 6) is -0.319. The van der Waals surface area contributed by atoms with E-state index in [0.717, 1.165) is 12.8 Å². The first-order valence-corrected chi connectivity index (χ1v) is 5.10. The van der Waals surface area contributed by atoms with Crippen LogP contribution in [0.5, 0.6) is 5.75 Å². The van der Waals surface area contributed by atoms with E-state index in [4.69, 9.17) is 9.84 Å². The fourth-order valence-corrected chi connectivity index (χ4v) is 1.48. The molecular weight excluding hydrogens is 194 g/mol. The van der Waals surface area contributed by atoms with E-state index in [1.165, 1.54) is 6.20 Å². The number of pyridine rings is 1. The highest BCUT2D eigenvalue weighted by molar-refractivity contribution is 5.87. The lowest BCUT2D eigenvalue weighted by molar-refractivity contribution is 0.0688. The summed E-state index contributed by atoms with van der Waals surface area (Å²) in [6.45, 7) is 1.91. The van der Waals surface area contributed by atoms with Crippen molar-refractivity contribution in [2.75, 3.05) is 0 Å². The summed E-state index contributed by atoms with van der Waals surface area (Å²) in [7, 11) is 0. The molecule has 0 saturated heterocycles. The zero-order chi connectivity index (χ0) is 10.8. The fraction of sp³-hybridized carbons (Fsp3) is 0.455. The number of carbonyl (C=O) groups is 1. The Hall–Kier alpha value is -1.58. The molecule has 0 spiro atoms. The quantitative estimate of drug-likeness (QED) is 0.818. The van der Waals surface area contributed by atoms with Crippen molar-refractivity contribution < 1.29 is 14.6 Å². The molecule has 2 rings (SSSR count). The minimum absolute atomic E-state index is 0.107. The van der Waals surface area contributed by atoms with E-state index >= 15 is 0 Å². The Kier molecular flexibility index (Phi) is 2.58. The first kappa shape index (κ1) is 9.96. The Morgan fingerprint density at radius 1 is 1.67 bits per heavy atom. The molecule has 0 atom stereocenters. The van der Waals surface area contributed by atoms with E-state index in [1.54, 1.807) is 6.07 Å². The predicted molar refractivity (Wildman–Crippen MR) is 54.2 cm³/mol. The standard InChI is InChI=1S/C11H13NO3/c1-2-8-9(15-7-3-4-7)5-6-12-10(8)11(13)14/h5-7H,2-4H2,1H3,(H,13,14). The number of rotatable bonds is 4. The normalized spacial score (nSPS) is 15.0. The summed E-state index contributed by atoms with van der Waals surface area (Å²) in [6, 6.07) is 1.74. The van der Waals surface area contributed by atoms with Crippen LogP contribution in [0, 0.1) is 0 Å². The van der Waals surface area contributed by atoms with Crippen molar-refractivity contribution in [3.8, 4) is 5.75 Å². The maximum Gasteiger partial charge on any atom is 0.354 e. The van der Waals surface area contributed by atoms with Crippen molar-refractivity contribution in [3.63, 3.8) is 0 Å². The molecule has 1 aromatic heterocycles. The van der Waals surface area contributed by atoms with Gasteiger partial charge in [-0.1, -0.05) is 6.92 Å². The largest absolute Gasteiger partial charge is 0.490 e. The number of carboxylic acids is 1. The molecule has 1 fully saturated rings. The second-order valence-electron chi connectivity index (χ2n) is 3.61. The number of aromatic nitrogens is 1. The Morgan fingerprint density at radius 3 is 2.93 bits per heavy atom. The zero-order valence-electron chi connectivity index (χ0n) is 8.56. The topological polar surface area (TPSA) is 59.4 Å². The lowest BCUT2D eigenvalue weighted by atomic mass is 10.1. The molecule has 0 radical (unpaired) electrons. The number of hydrogen-bond acceptors (Lipinski definition) is 3. The molecule has 4 nitrogen and oxygen atoms in total. The molecule has 1 N–H and O–H groups in total. The van der Waals surface area contributed by atoms with Gasteiger partial charge < -0.3 is 9.84 Å². The third kappa shape index (κ3) is 2.09. The van der Waals surface area contributed by atoms with E-state index in [9.17, 15) is 4.79 Å². The van der Waals surface area contributed by atoms with Crippen LogP contribution in [0.2, 0.25) is 0 Å². The molecule has 1 aliphatic carbocycles. The van der Waals surface area contributed by atoms with Crippen molar-refractivity contribution >= 4 is 5.97 Å². The van der Waals surface area contributed by atoms with Crippen molar-refractivity contribution in [1.82, 2.24) is 4.98 Å². The fourth-order valence-electron chi connectivity index (χ4n) is 1.48. The van der Waals surface area contributed by atoms with Crippen LogP contribution >= 0.6 is 0 Å². The molecule has 15 heavy (non-hydrogen) atoms. The Bertz CT molecular complexity index is 385. The maximum atomic E-state index is 10.9. The summed E-state index contributed by atoms with van der Waals surface area (Å²) in [5, 5.41) is 8.95. The van der Waals surface area contributed by atoms with Crippen molar-refractivity contribution in [1.29, 1.82) is 0 Å². The summed E-state index contributed by atoms with van der Waals surface area (Å²) in [4.78, 5) is 14.8. The lowest BCUT2D eigenvalue weighted by Crippen LogP contribution is -2.08. The van der Waals surface area contributed by atoms with Gasteiger partial charge in [-0.05, 0) is 25.3 Å². The summed E-state index contributed by atoms with van der Waals surface area (Å²) in [5.41, 5.74) is 0.799. The highest BCUT2D eigenvalue weighted by atomic mass is 16.5. The van der Waals surface area contributed by atoms with E-state index < -0.39 is 5.97 Å². The average molecular weight is 207 g/mol. The van der Waals surface area contributed by atoms with Gasteiger partial charge >= 0.3 is 5.97 Å². The van der Waals surface area contributed by atoms with Gasteiger partial charge in [-0.15, -0.1) is 0 Å². The number of carboxylic acid groups (broad SMARTS) is 1.